The van der Waals surface area contributed by atoms with Crippen LogP contribution in [0.25, 0.3) is 0 Å². The molecular formula is C40H77NO. The van der Waals surface area contributed by atoms with Crippen molar-refractivity contribution in [2.45, 2.75) is 219 Å². The molecule has 0 unspecified atom stereocenters. The summed E-state index contributed by atoms with van der Waals surface area (Å²) >= 11 is 0. The van der Waals surface area contributed by atoms with Gasteiger partial charge in [-0.15, -0.1) is 0 Å². The Kier molecular flexibility index (Phi) is 37.0. The molecule has 0 spiro atoms. The lowest BCUT2D eigenvalue weighted by Gasteiger charge is -2.06. The van der Waals surface area contributed by atoms with E-state index in [-0.39, 0.29) is 5.91 Å². The third-order valence-electron chi connectivity index (χ3n) is 8.68. The standard InChI is InChI=1S/C40H77NO/c1-3-5-7-9-11-13-15-17-19-21-22-23-24-26-28-30-32-34-36-38-40(42)41-39-37-35-33-31-29-27-25-20-18-16-14-12-10-8-6-4-2/h17-20H,3-16,21-39H2,1-2H3,(H,41,42)/b19-17+,20-18+. The highest BCUT2D eigenvalue weighted by atomic mass is 16.1. The van der Waals surface area contributed by atoms with E-state index in [4.69, 9.17) is 0 Å². The number of allylic oxidation sites excluding steroid dienone is 4. The van der Waals surface area contributed by atoms with Crippen LogP contribution in [0.15, 0.2) is 24.3 Å². The van der Waals surface area contributed by atoms with Crippen molar-refractivity contribution in [3.05, 3.63) is 24.3 Å². The van der Waals surface area contributed by atoms with E-state index in [0.717, 1.165) is 25.8 Å². The van der Waals surface area contributed by atoms with Crippen LogP contribution in [0.2, 0.25) is 0 Å². The van der Waals surface area contributed by atoms with E-state index < -0.39 is 0 Å². The summed E-state index contributed by atoms with van der Waals surface area (Å²) in [5.74, 6) is 0.267. The zero-order chi connectivity index (χ0) is 30.4. The van der Waals surface area contributed by atoms with E-state index in [9.17, 15) is 4.79 Å². The Bertz CT molecular complexity index is 566. The SMILES string of the molecule is CCCCCCCC/C=C/CCCCCCCCCCCC(=O)NCCCCCCCC/C=C/CCCCCCCC. The van der Waals surface area contributed by atoms with Gasteiger partial charge in [-0.1, -0.05) is 173 Å². The number of hydrogen-bond acceptors (Lipinski definition) is 1. The highest BCUT2D eigenvalue weighted by Gasteiger charge is 2.01. The van der Waals surface area contributed by atoms with Gasteiger partial charge in [-0.3, -0.25) is 4.79 Å². The third-order valence-corrected chi connectivity index (χ3v) is 8.68. The Morgan fingerprint density at radius 3 is 1.02 bits per heavy atom. The molecule has 42 heavy (non-hydrogen) atoms. The first-order chi connectivity index (χ1) is 20.8. The summed E-state index contributed by atoms with van der Waals surface area (Å²) in [6.45, 7) is 5.44. The van der Waals surface area contributed by atoms with Gasteiger partial charge in [-0.05, 0) is 64.2 Å². The average molecular weight is 588 g/mol. The number of unbranched alkanes of at least 4 members (excludes halogenated alkanes) is 27. The molecule has 0 saturated heterocycles. The number of carbonyl (C=O) groups is 1. The molecule has 0 radical (unpaired) electrons. The van der Waals surface area contributed by atoms with Gasteiger partial charge in [-0.2, -0.15) is 0 Å². The summed E-state index contributed by atoms with van der Waals surface area (Å²) in [7, 11) is 0. The Morgan fingerprint density at radius 2 is 0.667 bits per heavy atom. The van der Waals surface area contributed by atoms with Crippen molar-refractivity contribution < 1.29 is 4.79 Å². The molecule has 2 nitrogen and oxygen atoms in total. The van der Waals surface area contributed by atoms with Gasteiger partial charge < -0.3 is 5.32 Å². The molecule has 2 heteroatoms. The summed E-state index contributed by atoms with van der Waals surface area (Å²) < 4.78 is 0. The summed E-state index contributed by atoms with van der Waals surface area (Å²) in [4.78, 5) is 12.1. The van der Waals surface area contributed by atoms with Crippen molar-refractivity contribution in [2.75, 3.05) is 6.54 Å². The van der Waals surface area contributed by atoms with Crippen molar-refractivity contribution in [3.8, 4) is 0 Å². The Hall–Kier alpha value is -1.05. The lowest BCUT2D eigenvalue weighted by Crippen LogP contribution is -2.23. The van der Waals surface area contributed by atoms with Gasteiger partial charge in [0, 0.05) is 13.0 Å². The van der Waals surface area contributed by atoms with Crippen LogP contribution in [0.1, 0.15) is 219 Å². The van der Waals surface area contributed by atoms with Gasteiger partial charge in [-0.25, -0.2) is 0 Å². The molecule has 0 atom stereocenters. The molecule has 1 amide bonds. The molecule has 0 fully saturated rings. The maximum absolute atomic E-state index is 12.1. The molecule has 0 bridgehead atoms. The van der Waals surface area contributed by atoms with Gasteiger partial charge in [0.25, 0.3) is 0 Å². The largest absolute Gasteiger partial charge is 0.356 e. The molecule has 0 aromatic rings. The minimum Gasteiger partial charge on any atom is -0.356 e. The normalized spacial score (nSPS) is 11.8. The highest BCUT2D eigenvalue weighted by molar-refractivity contribution is 5.75. The molecule has 0 heterocycles. The van der Waals surface area contributed by atoms with Crippen molar-refractivity contribution >= 4 is 5.91 Å². The third kappa shape index (κ3) is 37.0. The van der Waals surface area contributed by atoms with Crippen molar-refractivity contribution in [3.63, 3.8) is 0 Å². The van der Waals surface area contributed by atoms with Gasteiger partial charge in [0.05, 0.1) is 0 Å². The number of hydrogen-bond donors (Lipinski definition) is 1. The first-order valence-electron chi connectivity index (χ1n) is 19.4. The van der Waals surface area contributed by atoms with Crippen LogP contribution < -0.4 is 5.32 Å². The molecule has 0 aliphatic rings. The lowest BCUT2D eigenvalue weighted by molar-refractivity contribution is -0.121. The first kappa shape index (κ1) is 41.0. The number of rotatable bonds is 35. The fourth-order valence-corrected chi connectivity index (χ4v) is 5.75. The zero-order valence-electron chi connectivity index (χ0n) is 29.1. The van der Waals surface area contributed by atoms with Crippen LogP contribution in [0.4, 0.5) is 0 Å². The van der Waals surface area contributed by atoms with Crippen LogP contribution >= 0.6 is 0 Å². The van der Waals surface area contributed by atoms with E-state index >= 15 is 0 Å². The average Bonchev–Trinajstić information content (AvgIpc) is 3.00. The molecule has 0 rings (SSSR count). The fraction of sp³-hybridized carbons (Fsp3) is 0.875. The number of carbonyl (C=O) groups excluding carboxylic acids is 1. The van der Waals surface area contributed by atoms with Gasteiger partial charge in [0.2, 0.25) is 5.91 Å². The van der Waals surface area contributed by atoms with E-state index in [1.807, 2.05) is 0 Å². The monoisotopic (exact) mass is 588 g/mol. The van der Waals surface area contributed by atoms with Crippen LogP contribution in [-0.2, 0) is 4.79 Å². The maximum Gasteiger partial charge on any atom is 0.219 e. The van der Waals surface area contributed by atoms with Crippen molar-refractivity contribution in [1.29, 1.82) is 0 Å². The molecule has 0 aliphatic heterocycles. The van der Waals surface area contributed by atoms with Crippen molar-refractivity contribution in [1.82, 2.24) is 5.32 Å². The van der Waals surface area contributed by atoms with E-state index in [0.29, 0.717) is 0 Å². The minimum atomic E-state index is 0.267. The topological polar surface area (TPSA) is 29.1 Å². The summed E-state index contributed by atoms with van der Waals surface area (Å²) in [5, 5.41) is 3.14. The molecule has 0 aromatic heterocycles. The highest BCUT2D eigenvalue weighted by Crippen LogP contribution is 2.13. The zero-order valence-corrected chi connectivity index (χ0v) is 29.1. The second-order valence-corrected chi connectivity index (χ2v) is 13.0. The van der Waals surface area contributed by atoms with Gasteiger partial charge in [0.15, 0.2) is 0 Å². The van der Waals surface area contributed by atoms with E-state index in [2.05, 4.69) is 43.5 Å². The second kappa shape index (κ2) is 38.0. The van der Waals surface area contributed by atoms with Crippen LogP contribution in [-0.4, -0.2) is 12.5 Å². The Labute approximate surface area is 265 Å². The smallest absolute Gasteiger partial charge is 0.219 e. The first-order valence-corrected chi connectivity index (χ1v) is 19.4. The second-order valence-electron chi connectivity index (χ2n) is 13.0. The Morgan fingerprint density at radius 1 is 0.381 bits per heavy atom. The molecule has 0 saturated carbocycles. The fourth-order valence-electron chi connectivity index (χ4n) is 5.75. The number of nitrogens with one attached hydrogen (secondary N) is 1. The molecular weight excluding hydrogens is 510 g/mol. The lowest BCUT2D eigenvalue weighted by atomic mass is 10.1. The minimum absolute atomic E-state index is 0.267. The van der Waals surface area contributed by atoms with Crippen LogP contribution in [0.5, 0.6) is 0 Å². The predicted molar refractivity (Wildman–Crippen MR) is 190 cm³/mol. The van der Waals surface area contributed by atoms with Crippen LogP contribution in [0.3, 0.4) is 0 Å². The number of amides is 1. The molecule has 248 valence electrons. The van der Waals surface area contributed by atoms with E-state index in [1.54, 1.807) is 0 Å². The predicted octanol–water partition coefficient (Wildman–Crippen LogP) is 13.7. The quantitative estimate of drug-likeness (QED) is 0.0580. The summed E-state index contributed by atoms with van der Waals surface area (Å²) in [6.07, 6.45) is 51.8. The Balaban J connectivity index is 3.21. The van der Waals surface area contributed by atoms with E-state index in [1.165, 1.54) is 186 Å². The summed E-state index contributed by atoms with van der Waals surface area (Å²) in [6, 6.07) is 0. The van der Waals surface area contributed by atoms with Gasteiger partial charge >= 0.3 is 0 Å². The summed E-state index contributed by atoms with van der Waals surface area (Å²) in [5.41, 5.74) is 0. The molecule has 0 aliphatic carbocycles. The molecule has 1 N–H and O–H groups in total. The van der Waals surface area contributed by atoms with Gasteiger partial charge in [0.1, 0.15) is 0 Å². The van der Waals surface area contributed by atoms with Crippen molar-refractivity contribution in [2.24, 2.45) is 0 Å². The van der Waals surface area contributed by atoms with Crippen LogP contribution in [0, 0.1) is 0 Å². The maximum atomic E-state index is 12.1. The molecule has 0 aromatic carbocycles.